The number of hydrogen-bond donors (Lipinski definition) is 3. The molecule has 1 heterocycles. The van der Waals surface area contributed by atoms with Crippen molar-refractivity contribution >= 4 is 52.0 Å². The van der Waals surface area contributed by atoms with E-state index in [1.807, 2.05) is 0 Å². The van der Waals surface area contributed by atoms with Gasteiger partial charge in [-0.3, -0.25) is 9.79 Å². The summed E-state index contributed by atoms with van der Waals surface area (Å²) in [6.07, 6.45) is 3.14. The summed E-state index contributed by atoms with van der Waals surface area (Å²) in [4.78, 5) is 28.7. The predicted molar refractivity (Wildman–Crippen MR) is 138 cm³/mol. The summed E-state index contributed by atoms with van der Waals surface area (Å²) >= 11 is 13.9. The molecule has 3 N–H and O–H groups in total. The Balaban J connectivity index is 1.44. The zero-order chi connectivity index (χ0) is 24.3. The van der Waals surface area contributed by atoms with E-state index in [1.54, 1.807) is 42.1 Å². The number of benzene rings is 2. The number of carbonyl (C=O) groups excluding carboxylic acids is 1. The van der Waals surface area contributed by atoms with Crippen LogP contribution in [0.2, 0.25) is 10.0 Å². The topological polar surface area (TPSA) is 100 Å². The molecule has 1 atom stereocenters. The van der Waals surface area contributed by atoms with Crippen molar-refractivity contribution < 1.29 is 19.4 Å². The average Bonchev–Trinajstić information content (AvgIpc) is 2.82. The number of halogens is 2. The van der Waals surface area contributed by atoms with E-state index in [0.717, 1.165) is 48.8 Å². The van der Waals surface area contributed by atoms with E-state index in [1.165, 1.54) is 12.1 Å². The van der Waals surface area contributed by atoms with Gasteiger partial charge in [0.05, 0.1) is 22.2 Å². The molecule has 0 aromatic heterocycles. The highest BCUT2D eigenvalue weighted by molar-refractivity contribution is 8.13. The Bertz CT molecular complexity index is 998. The number of carboxylic acid groups (broad SMARTS) is 1. The van der Waals surface area contributed by atoms with E-state index in [-0.39, 0.29) is 22.0 Å². The number of nitrogens with zero attached hydrogens (tertiary/aromatic N) is 1. The van der Waals surface area contributed by atoms with Gasteiger partial charge >= 0.3 is 5.97 Å². The minimum Gasteiger partial charge on any atom is -0.494 e. The molecule has 0 bridgehead atoms. The second-order valence-corrected chi connectivity index (χ2v) is 9.58. The Morgan fingerprint density at radius 2 is 1.85 bits per heavy atom. The van der Waals surface area contributed by atoms with Crippen LogP contribution in [0, 0.1) is 0 Å². The largest absolute Gasteiger partial charge is 0.494 e. The summed E-state index contributed by atoms with van der Waals surface area (Å²) in [7, 11) is 0. The molecule has 182 valence electrons. The lowest BCUT2D eigenvalue weighted by atomic mass is 10.1. The first-order chi connectivity index (χ1) is 16.4. The third-order valence-corrected chi connectivity index (χ3v) is 6.74. The van der Waals surface area contributed by atoms with Crippen molar-refractivity contribution in [3.05, 3.63) is 63.6 Å². The highest BCUT2D eigenvalue weighted by atomic mass is 35.5. The summed E-state index contributed by atoms with van der Waals surface area (Å²) < 4.78 is 5.78. The molecule has 3 rings (SSSR count). The lowest BCUT2D eigenvalue weighted by Gasteiger charge is -2.16. The maximum absolute atomic E-state index is 12.6. The second kappa shape index (κ2) is 13.5. The van der Waals surface area contributed by atoms with Gasteiger partial charge in [0.2, 0.25) is 0 Å². The number of ether oxygens (including phenoxy) is 1. The number of hydrogen-bond acceptors (Lipinski definition) is 6. The maximum Gasteiger partial charge on any atom is 0.326 e. The van der Waals surface area contributed by atoms with Crippen LogP contribution in [-0.2, 0) is 11.2 Å². The van der Waals surface area contributed by atoms with E-state index in [0.29, 0.717) is 12.4 Å². The fraction of sp³-hybridized carbons (Fsp3) is 0.375. The number of nitrogens with one attached hydrogen (secondary N) is 2. The van der Waals surface area contributed by atoms with Gasteiger partial charge in [-0.2, -0.15) is 0 Å². The van der Waals surface area contributed by atoms with Crippen molar-refractivity contribution in [3.63, 3.8) is 0 Å². The van der Waals surface area contributed by atoms with Crippen molar-refractivity contribution in [1.82, 2.24) is 10.6 Å². The summed E-state index contributed by atoms with van der Waals surface area (Å²) in [6, 6.07) is 10.7. The third-order valence-electron chi connectivity index (χ3n) is 5.07. The predicted octanol–water partition coefficient (Wildman–Crippen LogP) is 4.66. The van der Waals surface area contributed by atoms with E-state index < -0.39 is 17.9 Å². The van der Waals surface area contributed by atoms with Gasteiger partial charge < -0.3 is 20.5 Å². The van der Waals surface area contributed by atoms with Crippen LogP contribution in [0.4, 0.5) is 0 Å². The zero-order valence-corrected chi connectivity index (χ0v) is 20.9. The molecule has 2 aromatic carbocycles. The number of thioether (sulfide) groups is 1. The first kappa shape index (κ1) is 26.2. The van der Waals surface area contributed by atoms with E-state index in [2.05, 4.69) is 15.6 Å². The van der Waals surface area contributed by atoms with Crippen LogP contribution in [0.25, 0.3) is 0 Å². The van der Waals surface area contributed by atoms with Gasteiger partial charge in [0.15, 0.2) is 5.17 Å². The summed E-state index contributed by atoms with van der Waals surface area (Å²) in [5, 5.41) is 16.8. The van der Waals surface area contributed by atoms with Crippen LogP contribution in [-0.4, -0.2) is 53.6 Å². The van der Waals surface area contributed by atoms with Gasteiger partial charge in [-0.05, 0) is 49.1 Å². The van der Waals surface area contributed by atoms with Crippen LogP contribution in [0.1, 0.15) is 35.2 Å². The fourth-order valence-corrected chi connectivity index (χ4v) is 4.70. The Morgan fingerprint density at radius 3 is 2.50 bits per heavy atom. The number of carbonyl (C=O) groups is 2. The average molecular weight is 524 g/mol. The third kappa shape index (κ3) is 8.11. The highest BCUT2D eigenvalue weighted by Crippen LogP contribution is 2.24. The van der Waals surface area contributed by atoms with Crippen molar-refractivity contribution in [2.24, 2.45) is 4.99 Å². The minimum absolute atomic E-state index is 0.0570. The lowest BCUT2D eigenvalue weighted by molar-refractivity contribution is -0.139. The molecule has 0 spiro atoms. The van der Waals surface area contributed by atoms with Gasteiger partial charge in [-0.1, -0.05) is 53.2 Å². The lowest BCUT2D eigenvalue weighted by Crippen LogP contribution is -2.42. The van der Waals surface area contributed by atoms with E-state index >= 15 is 0 Å². The zero-order valence-electron chi connectivity index (χ0n) is 18.6. The molecule has 1 amide bonds. The van der Waals surface area contributed by atoms with Crippen molar-refractivity contribution in [2.75, 3.05) is 25.4 Å². The fourth-order valence-electron chi connectivity index (χ4n) is 3.28. The normalized spacial score (nSPS) is 14.1. The molecule has 7 nitrogen and oxygen atoms in total. The first-order valence-electron chi connectivity index (χ1n) is 11.0. The molecule has 0 fully saturated rings. The number of carboxylic acids is 1. The Morgan fingerprint density at radius 1 is 1.12 bits per heavy atom. The monoisotopic (exact) mass is 523 g/mol. The number of amides is 1. The molecular formula is C24H27Cl2N3O4S. The molecule has 34 heavy (non-hydrogen) atoms. The number of rotatable bonds is 11. The summed E-state index contributed by atoms with van der Waals surface area (Å²) in [6.45, 7) is 2.37. The van der Waals surface area contributed by atoms with Crippen LogP contribution in [0.15, 0.2) is 47.5 Å². The Kier molecular flexibility index (Phi) is 10.4. The molecule has 1 aliphatic heterocycles. The van der Waals surface area contributed by atoms with Crippen molar-refractivity contribution in [2.45, 2.75) is 31.7 Å². The molecule has 1 aliphatic rings. The summed E-state index contributed by atoms with van der Waals surface area (Å²) in [5.74, 6) is 0.0533. The van der Waals surface area contributed by atoms with Crippen molar-refractivity contribution in [1.29, 1.82) is 0 Å². The highest BCUT2D eigenvalue weighted by Gasteiger charge is 2.23. The van der Waals surface area contributed by atoms with Gasteiger partial charge in [0.1, 0.15) is 11.8 Å². The van der Waals surface area contributed by atoms with Crippen molar-refractivity contribution in [3.8, 4) is 5.75 Å². The molecule has 0 aliphatic carbocycles. The SMILES string of the molecule is O=C(NC(Cc1ccc(OCCCCNC2=NCCCS2)cc1)C(=O)O)c1c(Cl)cccc1Cl. The molecule has 1 unspecified atom stereocenters. The standard InChI is InChI=1S/C24H27Cl2N3O4S/c25-18-5-3-6-19(26)21(18)22(30)29-20(23(31)32)15-16-7-9-17(10-8-16)33-13-2-1-11-27-24-28-12-4-14-34-24/h3,5-10,20H,1-2,4,11-15H2,(H,27,28)(H,29,30)(H,31,32). The molecule has 10 heteroatoms. The van der Waals surface area contributed by atoms with Gasteiger partial charge in [0, 0.05) is 25.3 Å². The second-order valence-electron chi connectivity index (χ2n) is 7.68. The minimum atomic E-state index is -1.15. The summed E-state index contributed by atoms with van der Waals surface area (Å²) in [5.41, 5.74) is 0.807. The molecule has 2 aromatic rings. The maximum atomic E-state index is 12.6. The van der Waals surface area contributed by atoms with E-state index in [4.69, 9.17) is 27.9 Å². The van der Waals surface area contributed by atoms with Crippen LogP contribution in [0.3, 0.4) is 0 Å². The number of aliphatic carboxylic acids is 1. The molecule has 0 radical (unpaired) electrons. The number of aliphatic imine (C=N–C) groups is 1. The smallest absolute Gasteiger partial charge is 0.326 e. The van der Waals surface area contributed by atoms with Crippen LogP contribution >= 0.6 is 35.0 Å². The number of unbranched alkanes of at least 4 members (excludes halogenated alkanes) is 1. The molecule has 0 saturated carbocycles. The van der Waals surface area contributed by atoms with Gasteiger partial charge in [0.25, 0.3) is 5.91 Å². The van der Waals surface area contributed by atoms with Crippen LogP contribution in [0.5, 0.6) is 5.75 Å². The Hall–Kier alpha value is -2.42. The molecular weight excluding hydrogens is 497 g/mol. The quantitative estimate of drug-likeness (QED) is 0.370. The number of amidine groups is 1. The Labute approximate surface area is 213 Å². The molecule has 0 saturated heterocycles. The van der Waals surface area contributed by atoms with Crippen LogP contribution < -0.4 is 15.4 Å². The van der Waals surface area contributed by atoms with E-state index in [9.17, 15) is 14.7 Å². The van der Waals surface area contributed by atoms with Gasteiger partial charge in [-0.15, -0.1) is 0 Å². The first-order valence-corrected chi connectivity index (χ1v) is 12.8. The van der Waals surface area contributed by atoms with Gasteiger partial charge in [-0.25, -0.2) is 4.79 Å².